The number of aromatic nitrogens is 1. The second-order valence-corrected chi connectivity index (χ2v) is 6.36. The lowest BCUT2D eigenvalue weighted by atomic mass is 10.2. The lowest BCUT2D eigenvalue weighted by Gasteiger charge is -2.03. The van der Waals surface area contributed by atoms with Gasteiger partial charge in [0.2, 0.25) is 0 Å². The molecule has 2 heterocycles. The molecule has 2 aromatic heterocycles. The molecule has 4 heteroatoms. The summed E-state index contributed by atoms with van der Waals surface area (Å²) < 4.78 is 1.21. The zero-order valence-electron chi connectivity index (χ0n) is 9.53. The second-order valence-electron chi connectivity index (χ2n) is 3.81. The molecule has 0 aliphatic carbocycles. The first-order valence-corrected chi connectivity index (χ1v) is 7.29. The van der Waals surface area contributed by atoms with Gasteiger partial charge in [-0.3, -0.25) is 4.98 Å². The van der Waals surface area contributed by atoms with Crippen molar-refractivity contribution in [2.75, 3.05) is 13.1 Å². The Morgan fingerprint density at radius 3 is 2.53 bits per heavy atom. The minimum absolute atomic E-state index is 1.02. The van der Waals surface area contributed by atoms with Crippen LogP contribution in [0.2, 0.25) is 0 Å². The van der Waals surface area contributed by atoms with Gasteiger partial charge in [-0.25, -0.2) is 0 Å². The molecule has 17 heavy (non-hydrogen) atoms. The van der Waals surface area contributed by atoms with Gasteiger partial charge in [0.15, 0.2) is 0 Å². The van der Waals surface area contributed by atoms with Gasteiger partial charge >= 0.3 is 0 Å². The number of pyridine rings is 1. The molecule has 0 atom stereocenters. The van der Waals surface area contributed by atoms with Crippen molar-refractivity contribution in [3.8, 4) is 0 Å². The molecule has 0 bridgehead atoms. The molecule has 0 aromatic carbocycles. The molecule has 0 spiro atoms. The summed E-state index contributed by atoms with van der Waals surface area (Å²) in [5.74, 6) is 0. The Morgan fingerprint density at radius 1 is 1.06 bits per heavy atom. The molecule has 2 rings (SSSR count). The zero-order valence-corrected chi connectivity index (χ0v) is 11.9. The van der Waals surface area contributed by atoms with Crippen LogP contribution in [0.4, 0.5) is 0 Å². The second kappa shape index (κ2) is 6.89. The van der Waals surface area contributed by atoms with E-state index in [1.54, 1.807) is 0 Å². The minimum Gasteiger partial charge on any atom is -0.316 e. The van der Waals surface area contributed by atoms with Crippen LogP contribution in [0.25, 0.3) is 0 Å². The summed E-state index contributed by atoms with van der Waals surface area (Å²) in [6.45, 7) is 2.06. The summed E-state index contributed by atoms with van der Waals surface area (Å²) >= 11 is 5.29. The Labute approximate surface area is 114 Å². The summed E-state index contributed by atoms with van der Waals surface area (Å²) in [7, 11) is 0. The highest BCUT2D eigenvalue weighted by atomic mass is 79.9. The molecule has 0 aliphatic rings. The number of thiophene rings is 1. The van der Waals surface area contributed by atoms with Gasteiger partial charge in [-0.2, -0.15) is 0 Å². The van der Waals surface area contributed by atoms with E-state index in [1.165, 1.54) is 14.2 Å². The van der Waals surface area contributed by atoms with Gasteiger partial charge in [-0.05, 0) is 71.7 Å². The van der Waals surface area contributed by atoms with Crippen molar-refractivity contribution < 1.29 is 0 Å². The van der Waals surface area contributed by atoms with E-state index in [0.717, 1.165) is 25.9 Å². The third-order valence-electron chi connectivity index (χ3n) is 2.52. The van der Waals surface area contributed by atoms with Crippen molar-refractivity contribution in [3.05, 3.63) is 50.9 Å². The summed E-state index contributed by atoms with van der Waals surface area (Å²) in [6.07, 6.45) is 5.86. The third kappa shape index (κ3) is 4.58. The van der Waals surface area contributed by atoms with Gasteiger partial charge < -0.3 is 5.32 Å². The average Bonchev–Trinajstić information content (AvgIpc) is 2.76. The Hall–Kier alpha value is -0.710. The molecule has 0 amide bonds. The van der Waals surface area contributed by atoms with Gasteiger partial charge in [0, 0.05) is 17.3 Å². The summed E-state index contributed by atoms with van der Waals surface area (Å²) in [6, 6.07) is 8.42. The van der Waals surface area contributed by atoms with E-state index in [0.29, 0.717) is 0 Å². The van der Waals surface area contributed by atoms with Crippen molar-refractivity contribution in [2.24, 2.45) is 0 Å². The molecule has 0 fully saturated rings. The Morgan fingerprint density at radius 2 is 1.82 bits per heavy atom. The highest BCUT2D eigenvalue weighted by molar-refractivity contribution is 9.11. The lowest BCUT2D eigenvalue weighted by molar-refractivity contribution is 0.684. The van der Waals surface area contributed by atoms with Crippen LogP contribution >= 0.6 is 27.3 Å². The fourth-order valence-electron chi connectivity index (χ4n) is 1.60. The Balaban J connectivity index is 1.61. The summed E-state index contributed by atoms with van der Waals surface area (Å²) in [5, 5.41) is 3.46. The lowest BCUT2D eigenvalue weighted by Crippen LogP contribution is -2.19. The van der Waals surface area contributed by atoms with Crippen LogP contribution in [0.15, 0.2) is 40.4 Å². The molecular formula is C13H15BrN2S. The number of halogens is 1. The zero-order chi connectivity index (χ0) is 11.9. The van der Waals surface area contributed by atoms with Crippen LogP contribution in [0, 0.1) is 0 Å². The predicted octanol–water partition coefficient (Wildman–Crippen LogP) is 3.28. The van der Waals surface area contributed by atoms with E-state index in [-0.39, 0.29) is 0 Å². The molecule has 2 aromatic rings. The van der Waals surface area contributed by atoms with Crippen molar-refractivity contribution in [2.45, 2.75) is 12.8 Å². The fraction of sp³-hybridized carbons (Fsp3) is 0.308. The van der Waals surface area contributed by atoms with E-state index in [2.05, 4.69) is 50.5 Å². The van der Waals surface area contributed by atoms with Gasteiger partial charge in [0.1, 0.15) is 0 Å². The molecule has 90 valence electrons. The van der Waals surface area contributed by atoms with Crippen LogP contribution in [0.3, 0.4) is 0 Å². The predicted molar refractivity (Wildman–Crippen MR) is 76.5 cm³/mol. The first-order valence-electron chi connectivity index (χ1n) is 5.68. The molecule has 1 N–H and O–H groups in total. The quantitative estimate of drug-likeness (QED) is 0.828. The average molecular weight is 311 g/mol. The van der Waals surface area contributed by atoms with Crippen molar-refractivity contribution >= 4 is 27.3 Å². The van der Waals surface area contributed by atoms with Crippen LogP contribution in [-0.2, 0) is 12.8 Å². The van der Waals surface area contributed by atoms with Crippen molar-refractivity contribution in [1.82, 2.24) is 10.3 Å². The van der Waals surface area contributed by atoms with Gasteiger partial charge in [-0.15, -0.1) is 11.3 Å². The maximum Gasteiger partial charge on any atom is 0.0701 e. The SMILES string of the molecule is Brc1ccc(CCNCCc2ccncc2)s1. The molecule has 0 saturated carbocycles. The van der Waals surface area contributed by atoms with Crippen LogP contribution in [0.1, 0.15) is 10.4 Å². The summed E-state index contributed by atoms with van der Waals surface area (Å²) in [5.41, 5.74) is 1.34. The van der Waals surface area contributed by atoms with Gasteiger partial charge in [0.25, 0.3) is 0 Å². The van der Waals surface area contributed by atoms with E-state index in [4.69, 9.17) is 0 Å². The third-order valence-corrected chi connectivity index (χ3v) is 4.20. The first-order chi connectivity index (χ1) is 8.34. The van der Waals surface area contributed by atoms with E-state index in [1.807, 2.05) is 23.7 Å². The molecule has 0 aliphatic heterocycles. The standard InChI is InChI=1S/C13H15BrN2S/c14-13-2-1-12(17-13)6-10-16-9-5-11-3-7-15-8-4-11/h1-4,7-8,16H,5-6,9-10H2. The highest BCUT2D eigenvalue weighted by Crippen LogP contribution is 2.21. The number of rotatable bonds is 6. The molecule has 0 unspecified atom stereocenters. The normalized spacial score (nSPS) is 10.6. The van der Waals surface area contributed by atoms with Gasteiger partial charge in [-0.1, -0.05) is 0 Å². The van der Waals surface area contributed by atoms with Crippen LogP contribution < -0.4 is 5.32 Å². The van der Waals surface area contributed by atoms with Crippen molar-refractivity contribution in [3.63, 3.8) is 0 Å². The number of nitrogens with one attached hydrogen (secondary N) is 1. The van der Waals surface area contributed by atoms with E-state index >= 15 is 0 Å². The first kappa shape index (κ1) is 12.7. The Kier molecular flexibility index (Phi) is 5.16. The topological polar surface area (TPSA) is 24.9 Å². The van der Waals surface area contributed by atoms with E-state index < -0.39 is 0 Å². The largest absolute Gasteiger partial charge is 0.316 e. The molecule has 2 nitrogen and oxygen atoms in total. The molecule has 0 radical (unpaired) electrons. The summed E-state index contributed by atoms with van der Waals surface area (Å²) in [4.78, 5) is 5.43. The maximum absolute atomic E-state index is 4.01. The number of nitrogens with zero attached hydrogens (tertiary/aromatic N) is 1. The monoisotopic (exact) mass is 310 g/mol. The fourth-order valence-corrected chi connectivity index (χ4v) is 3.09. The van der Waals surface area contributed by atoms with Gasteiger partial charge in [0.05, 0.1) is 3.79 Å². The molecular weight excluding hydrogens is 296 g/mol. The Bertz CT molecular complexity index is 442. The van der Waals surface area contributed by atoms with Crippen molar-refractivity contribution in [1.29, 1.82) is 0 Å². The van der Waals surface area contributed by atoms with Crippen LogP contribution in [0.5, 0.6) is 0 Å². The van der Waals surface area contributed by atoms with Crippen LogP contribution in [-0.4, -0.2) is 18.1 Å². The highest BCUT2D eigenvalue weighted by Gasteiger charge is 1.97. The minimum atomic E-state index is 1.02. The number of hydrogen-bond acceptors (Lipinski definition) is 3. The molecule has 0 saturated heterocycles. The van der Waals surface area contributed by atoms with E-state index in [9.17, 15) is 0 Å². The maximum atomic E-state index is 4.01. The number of hydrogen-bond donors (Lipinski definition) is 1. The smallest absolute Gasteiger partial charge is 0.0701 e.